The van der Waals surface area contributed by atoms with Crippen molar-refractivity contribution in [3.63, 3.8) is 0 Å². The van der Waals surface area contributed by atoms with E-state index in [0.29, 0.717) is 24.1 Å². The molecule has 2 atom stereocenters. The average Bonchev–Trinajstić information content (AvgIpc) is 3.24. The molecule has 0 aromatic heterocycles. The number of rotatable bonds is 45. The van der Waals surface area contributed by atoms with Crippen molar-refractivity contribution in [2.75, 3.05) is 54.1 Å². The Morgan fingerprint density at radius 3 is 1.30 bits per heavy atom. The van der Waals surface area contributed by atoms with Crippen molar-refractivity contribution in [3.05, 3.63) is 97.2 Å². The van der Waals surface area contributed by atoms with Crippen molar-refractivity contribution in [2.45, 2.75) is 187 Å². The SMILES string of the molecule is CC/C=C\C/C=C\C/C=C\C/C=C\C/C=C\CCCCCCCCCCCCOCC(COP(=O)(O)OCC[N+](C)(C)C)OC(=O)CCCCCCC/C=C\C/C=C\C/C=C\CC. The molecular weight excluding hydrogens is 806 g/mol. The molecule has 0 heterocycles. The van der Waals surface area contributed by atoms with Crippen LogP contribution in [0.15, 0.2) is 97.2 Å². The molecule has 0 bridgehead atoms. The van der Waals surface area contributed by atoms with Crippen molar-refractivity contribution in [1.82, 2.24) is 0 Å². The van der Waals surface area contributed by atoms with Crippen molar-refractivity contribution in [2.24, 2.45) is 0 Å². The molecule has 0 saturated carbocycles. The Bertz CT molecular complexity index is 1320. The second-order valence-electron chi connectivity index (χ2n) is 17.4. The van der Waals surface area contributed by atoms with Crippen LogP contribution >= 0.6 is 7.82 Å². The van der Waals surface area contributed by atoms with Gasteiger partial charge in [0.2, 0.25) is 0 Å². The van der Waals surface area contributed by atoms with Gasteiger partial charge in [0.05, 0.1) is 34.4 Å². The summed E-state index contributed by atoms with van der Waals surface area (Å²) < 4.78 is 35.1. The Morgan fingerprint density at radius 1 is 0.492 bits per heavy atom. The maximum Gasteiger partial charge on any atom is 0.472 e. The van der Waals surface area contributed by atoms with Gasteiger partial charge in [-0.25, -0.2) is 4.57 Å². The maximum absolute atomic E-state index is 12.7. The van der Waals surface area contributed by atoms with Gasteiger partial charge in [-0.2, -0.15) is 0 Å². The summed E-state index contributed by atoms with van der Waals surface area (Å²) in [6.45, 7) is 5.34. The molecule has 2 unspecified atom stereocenters. The highest BCUT2D eigenvalue weighted by molar-refractivity contribution is 7.47. The highest BCUT2D eigenvalue weighted by atomic mass is 31.2. The molecule has 0 aliphatic rings. The van der Waals surface area contributed by atoms with Gasteiger partial charge in [-0.1, -0.05) is 182 Å². The van der Waals surface area contributed by atoms with E-state index in [4.69, 9.17) is 18.5 Å². The molecule has 9 heteroatoms. The number of phosphoric acid groups is 1. The molecule has 0 aliphatic carbocycles. The minimum atomic E-state index is -4.29. The van der Waals surface area contributed by atoms with Crippen molar-refractivity contribution < 1.29 is 37.3 Å². The monoisotopic (exact) mass is 901 g/mol. The van der Waals surface area contributed by atoms with Crippen molar-refractivity contribution >= 4 is 13.8 Å². The van der Waals surface area contributed by atoms with Gasteiger partial charge in [0, 0.05) is 13.0 Å². The zero-order valence-electron chi connectivity index (χ0n) is 41.0. The molecule has 0 radical (unpaired) electrons. The van der Waals surface area contributed by atoms with E-state index in [9.17, 15) is 14.3 Å². The van der Waals surface area contributed by atoms with Crippen LogP contribution in [-0.4, -0.2) is 75.6 Å². The fourth-order valence-electron chi connectivity index (χ4n) is 6.36. The summed E-state index contributed by atoms with van der Waals surface area (Å²) in [5, 5.41) is 0. The Hall–Kier alpha value is -2.58. The molecule has 0 spiro atoms. The lowest BCUT2D eigenvalue weighted by molar-refractivity contribution is -0.870. The number of allylic oxidation sites excluding steroid dienone is 16. The normalized spacial score (nSPS) is 14.4. The summed E-state index contributed by atoms with van der Waals surface area (Å²) in [4.78, 5) is 23.0. The highest BCUT2D eigenvalue weighted by Gasteiger charge is 2.26. The summed E-state index contributed by atoms with van der Waals surface area (Å²) in [6, 6.07) is 0. The standard InChI is InChI=1S/C54H94NO7P/c1-6-8-10-12-14-16-18-20-22-23-24-25-26-27-28-29-30-31-32-34-36-38-40-42-44-46-49-59-51-53(52-61-63(57,58)60-50-48-55(3,4)5)62-54(56)47-45-43-41-39-37-35-33-21-19-17-15-13-11-9-7-2/h8-11,14-17,20-22,24-25,27-28,33,53H,6-7,12-13,18-19,23,26,29-32,34-52H2,1-5H3/p+1/b10-8-,11-9-,16-14-,17-15-,22-20-,25-24-,28-27-,33-21-. The molecule has 63 heavy (non-hydrogen) atoms. The van der Waals surface area contributed by atoms with Crippen LogP contribution in [0.4, 0.5) is 0 Å². The van der Waals surface area contributed by atoms with Crippen LogP contribution in [0.2, 0.25) is 0 Å². The number of hydrogen-bond acceptors (Lipinski definition) is 6. The predicted octanol–water partition coefficient (Wildman–Crippen LogP) is 15.4. The summed E-state index contributed by atoms with van der Waals surface area (Å²) in [7, 11) is 1.64. The quantitative estimate of drug-likeness (QED) is 0.0214. The number of nitrogens with zero attached hydrogens (tertiary/aromatic N) is 1. The minimum absolute atomic E-state index is 0.0789. The first-order valence-corrected chi connectivity index (χ1v) is 26.5. The summed E-state index contributed by atoms with van der Waals surface area (Å²) >= 11 is 0. The largest absolute Gasteiger partial charge is 0.472 e. The molecule has 8 nitrogen and oxygen atoms in total. The molecule has 0 saturated heterocycles. The smallest absolute Gasteiger partial charge is 0.457 e. The number of quaternary nitrogens is 1. The van der Waals surface area contributed by atoms with Gasteiger partial charge in [0.25, 0.3) is 0 Å². The van der Waals surface area contributed by atoms with Gasteiger partial charge in [0.1, 0.15) is 19.3 Å². The van der Waals surface area contributed by atoms with Gasteiger partial charge in [-0.3, -0.25) is 13.8 Å². The number of hydrogen-bond donors (Lipinski definition) is 1. The number of carbonyl (C=O) groups is 1. The Balaban J connectivity index is 4.16. The number of likely N-dealkylation sites (N-methyl/N-ethyl adjacent to an activating group) is 1. The summed E-state index contributed by atoms with van der Waals surface area (Å²) in [5.41, 5.74) is 0. The number of carbonyl (C=O) groups excluding carboxylic acids is 1. The van der Waals surface area contributed by atoms with Crippen LogP contribution in [-0.2, 0) is 27.9 Å². The van der Waals surface area contributed by atoms with Gasteiger partial charge in [0.15, 0.2) is 0 Å². The lowest BCUT2D eigenvalue weighted by Crippen LogP contribution is -2.37. The van der Waals surface area contributed by atoms with Crippen LogP contribution in [0.3, 0.4) is 0 Å². The molecule has 0 amide bonds. The van der Waals surface area contributed by atoms with E-state index >= 15 is 0 Å². The van der Waals surface area contributed by atoms with E-state index in [0.717, 1.165) is 103 Å². The topological polar surface area (TPSA) is 91.3 Å². The third-order valence-electron chi connectivity index (χ3n) is 10.1. The Morgan fingerprint density at radius 2 is 0.873 bits per heavy atom. The minimum Gasteiger partial charge on any atom is -0.457 e. The first-order valence-electron chi connectivity index (χ1n) is 25.0. The van der Waals surface area contributed by atoms with Gasteiger partial charge in [-0.05, 0) is 89.9 Å². The number of esters is 1. The summed E-state index contributed by atoms with van der Waals surface area (Å²) in [6.07, 6.45) is 63.1. The second-order valence-corrected chi connectivity index (χ2v) is 18.9. The molecule has 0 aliphatic heterocycles. The van der Waals surface area contributed by atoms with Gasteiger partial charge < -0.3 is 18.9 Å². The third kappa shape index (κ3) is 50.3. The first kappa shape index (κ1) is 60.4. The zero-order valence-corrected chi connectivity index (χ0v) is 41.9. The van der Waals surface area contributed by atoms with E-state index in [2.05, 4.69) is 111 Å². The first-order chi connectivity index (χ1) is 30.6. The van der Waals surface area contributed by atoms with E-state index in [1.807, 2.05) is 21.1 Å². The van der Waals surface area contributed by atoms with Crippen LogP contribution in [0.25, 0.3) is 0 Å². The van der Waals surface area contributed by atoms with Crippen molar-refractivity contribution in [1.29, 1.82) is 0 Å². The molecular formula is C54H95NO7P+. The number of phosphoric ester groups is 1. The van der Waals surface area contributed by atoms with Gasteiger partial charge >= 0.3 is 13.8 Å². The van der Waals surface area contributed by atoms with E-state index in [1.165, 1.54) is 57.8 Å². The van der Waals surface area contributed by atoms with E-state index in [1.54, 1.807) is 0 Å². The molecule has 0 fully saturated rings. The molecule has 0 aromatic rings. The molecule has 1 N–H and O–H groups in total. The lowest BCUT2D eigenvalue weighted by Gasteiger charge is -2.24. The number of ether oxygens (including phenoxy) is 2. The zero-order chi connectivity index (χ0) is 46.2. The van der Waals surface area contributed by atoms with Crippen molar-refractivity contribution in [3.8, 4) is 0 Å². The van der Waals surface area contributed by atoms with E-state index in [-0.39, 0.29) is 25.8 Å². The average molecular weight is 901 g/mol. The van der Waals surface area contributed by atoms with Crippen LogP contribution in [0.1, 0.15) is 181 Å². The summed E-state index contributed by atoms with van der Waals surface area (Å²) in [5.74, 6) is -0.336. The van der Waals surface area contributed by atoms with Gasteiger partial charge in [-0.15, -0.1) is 0 Å². The molecule has 362 valence electrons. The Kier molecular flexibility index (Phi) is 44.1. The molecule has 0 rings (SSSR count). The van der Waals surface area contributed by atoms with Crippen LogP contribution in [0, 0.1) is 0 Å². The fraction of sp³-hybridized carbons (Fsp3) is 0.685. The fourth-order valence-corrected chi connectivity index (χ4v) is 7.10. The van der Waals surface area contributed by atoms with Crippen LogP contribution < -0.4 is 0 Å². The van der Waals surface area contributed by atoms with E-state index < -0.39 is 13.9 Å². The Labute approximate surface area is 387 Å². The lowest BCUT2D eigenvalue weighted by atomic mass is 10.1. The third-order valence-corrected chi connectivity index (χ3v) is 11.1. The maximum atomic E-state index is 12.7. The second kappa shape index (κ2) is 46.0. The molecule has 0 aromatic carbocycles. The predicted molar refractivity (Wildman–Crippen MR) is 270 cm³/mol. The van der Waals surface area contributed by atoms with Crippen LogP contribution in [0.5, 0.6) is 0 Å². The highest BCUT2D eigenvalue weighted by Crippen LogP contribution is 2.43. The number of unbranched alkanes of at least 4 members (excludes halogenated alkanes) is 15.